The topological polar surface area (TPSA) is 97.7 Å². The van der Waals surface area contributed by atoms with Crippen molar-refractivity contribution in [2.24, 2.45) is 10.6 Å². The van der Waals surface area contributed by atoms with Crippen molar-refractivity contribution in [2.75, 3.05) is 12.8 Å². The molecule has 0 saturated carbocycles. The first-order chi connectivity index (χ1) is 9.66. The van der Waals surface area contributed by atoms with Crippen LogP contribution in [0, 0.1) is 5.41 Å². The predicted octanol–water partition coefficient (Wildman–Crippen LogP) is 1.61. The van der Waals surface area contributed by atoms with Crippen LogP contribution in [0.3, 0.4) is 0 Å². The molecule has 0 aliphatic heterocycles. The molecule has 0 aliphatic rings. The van der Waals surface area contributed by atoms with Crippen molar-refractivity contribution in [1.82, 2.24) is 10.3 Å². The van der Waals surface area contributed by atoms with Crippen molar-refractivity contribution in [2.45, 2.75) is 25.8 Å². The quantitative estimate of drug-likeness (QED) is 0.517. The standard InChI is InChI=1S/C13H19N3O4S/c1-13(2,3)10(16-20-12(17)14-4)9-21(18,19)11-7-5-6-8-15-11/h5-8H,9H2,1-4H3,(H,14,17)/b16-10-. The van der Waals surface area contributed by atoms with Crippen LogP contribution in [0.25, 0.3) is 0 Å². The molecule has 21 heavy (non-hydrogen) atoms. The van der Waals surface area contributed by atoms with Crippen LogP contribution >= 0.6 is 0 Å². The van der Waals surface area contributed by atoms with Gasteiger partial charge in [0.2, 0.25) is 9.84 Å². The van der Waals surface area contributed by atoms with Crippen LogP contribution in [-0.2, 0) is 14.7 Å². The maximum Gasteiger partial charge on any atom is 0.433 e. The molecule has 1 aromatic rings. The Balaban J connectivity index is 3.05. The number of rotatable bonds is 4. The first-order valence-electron chi connectivity index (χ1n) is 6.26. The Bertz CT molecular complexity index is 619. The molecular formula is C13H19N3O4S. The fourth-order valence-corrected chi connectivity index (χ4v) is 2.81. The molecule has 0 unspecified atom stereocenters. The third-order valence-corrected chi connectivity index (χ3v) is 4.12. The molecule has 1 rings (SSSR count). The average molecular weight is 313 g/mol. The van der Waals surface area contributed by atoms with Gasteiger partial charge in [-0.25, -0.2) is 18.2 Å². The average Bonchev–Trinajstić information content (AvgIpc) is 2.42. The lowest BCUT2D eigenvalue weighted by atomic mass is 9.91. The van der Waals surface area contributed by atoms with Gasteiger partial charge in [0.15, 0.2) is 5.03 Å². The summed E-state index contributed by atoms with van der Waals surface area (Å²) in [5.41, 5.74) is -0.340. The van der Waals surface area contributed by atoms with Crippen LogP contribution in [0.1, 0.15) is 20.8 Å². The molecule has 0 saturated heterocycles. The van der Waals surface area contributed by atoms with Gasteiger partial charge in [-0.2, -0.15) is 0 Å². The monoisotopic (exact) mass is 313 g/mol. The molecule has 0 aliphatic carbocycles. The van der Waals surface area contributed by atoms with Crippen LogP contribution in [0.5, 0.6) is 0 Å². The molecule has 0 radical (unpaired) electrons. The molecule has 1 amide bonds. The maximum atomic E-state index is 12.3. The summed E-state index contributed by atoms with van der Waals surface area (Å²) in [7, 11) is -2.26. The number of carbonyl (C=O) groups is 1. The lowest BCUT2D eigenvalue weighted by molar-refractivity contribution is 0.151. The Hall–Kier alpha value is -1.96. The summed E-state index contributed by atoms with van der Waals surface area (Å²) in [6.07, 6.45) is 0.647. The van der Waals surface area contributed by atoms with Crippen molar-refractivity contribution >= 4 is 21.6 Å². The van der Waals surface area contributed by atoms with E-state index < -0.39 is 21.3 Å². The Labute approximate surface area is 124 Å². The zero-order chi connectivity index (χ0) is 16.1. The molecule has 0 atom stereocenters. The second kappa shape index (κ2) is 6.66. The summed E-state index contributed by atoms with van der Waals surface area (Å²) in [6.45, 7) is 5.35. The van der Waals surface area contributed by atoms with Gasteiger partial charge in [0.05, 0.1) is 11.5 Å². The molecule has 0 bridgehead atoms. The summed E-state index contributed by atoms with van der Waals surface area (Å²) >= 11 is 0. The van der Waals surface area contributed by atoms with E-state index in [1.807, 2.05) is 0 Å². The van der Waals surface area contributed by atoms with Crippen molar-refractivity contribution in [1.29, 1.82) is 0 Å². The van der Waals surface area contributed by atoms with Crippen molar-refractivity contribution in [3.8, 4) is 0 Å². The predicted molar refractivity (Wildman–Crippen MR) is 78.7 cm³/mol. The number of carbonyl (C=O) groups excluding carboxylic acids is 1. The second-order valence-corrected chi connectivity index (χ2v) is 7.28. The molecule has 7 nitrogen and oxygen atoms in total. The van der Waals surface area contributed by atoms with Crippen LogP contribution in [0.4, 0.5) is 4.79 Å². The Morgan fingerprint density at radius 1 is 1.38 bits per heavy atom. The van der Waals surface area contributed by atoms with Crippen LogP contribution in [0.15, 0.2) is 34.6 Å². The molecular weight excluding hydrogens is 294 g/mol. The summed E-state index contributed by atoms with van der Waals surface area (Å²) in [5, 5.41) is 5.87. The van der Waals surface area contributed by atoms with E-state index in [4.69, 9.17) is 0 Å². The van der Waals surface area contributed by atoms with Gasteiger partial charge in [-0.3, -0.25) is 4.84 Å². The molecule has 8 heteroatoms. The minimum atomic E-state index is -3.65. The van der Waals surface area contributed by atoms with Crippen LogP contribution in [0.2, 0.25) is 0 Å². The minimum absolute atomic E-state index is 0.0399. The fourth-order valence-electron chi connectivity index (χ4n) is 1.31. The maximum absolute atomic E-state index is 12.3. The van der Waals surface area contributed by atoms with Gasteiger partial charge in [0.1, 0.15) is 0 Å². The van der Waals surface area contributed by atoms with Gasteiger partial charge < -0.3 is 5.32 Å². The van der Waals surface area contributed by atoms with Gasteiger partial charge in [-0.05, 0) is 12.1 Å². The third kappa shape index (κ3) is 5.14. The van der Waals surface area contributed by atoms with Gasteiger partial charge in [-0.1, -0.05) is 32.0 Å². The molecule has 0 aromatic carbocycles. The number of sulfone groups is 1. The lowest BCUT2D eigenvalue weighted by Crippen LogP contribution is -2.30. The fraction of sp³-hybridized carbons (Fsp3) is 0.462. The number of oxime groups is 1. The van der Waals surface area contributed by atoms with E-state index in [-0.39, 0.29) is 16.5 Å². The largest absolute Gasteiger partial charge is 0.433 e. The van der Waals surface area contributed by atoms with E-state index in [9.17, 15) is 13.2 Å². The number of aromatic nitrogens is 1. The van der Waals surface area contributed by atoms with E-state index in [1.165, 1.54) is 19.3 Å². The third-order valence-electron chi connectivity index (χ3n) is 2.59. The molecule has 1 aromatic heterocycles. The molecule has 116 valence electrons. The Kier molecular flexibility index (Phi) is 5.42. The number of amides is 1. The zero-order valence-electron chi connectivity index (χ0n) is 12.5. The highest BCUT2D eigenvalue weighted by molar-refractivity contribution is 7.92. The highest BCUT2D eigenvalue weighted by atomic mass is 32.2. The smallest absolute Gasteiger partial charge is 0.323 e. The summed E-state index contributed by atoms with van der Waals surface area (Å²) in [4.78, 5) is 19.5. The van der Waals surface area contributed by atoms with Gasteiger partial charge in [0, 0.05) is 18.7 Å². The first kappa shape index (κ1) is 17.1. The highest BCUT2D eigenvalue weighted by Gasteiger charge is 2.28. The summed E-state index contributed by atoms with van der Waals surface area (Å²) < 4.78 is 24.6. The normalized spacial score (nSPS) is 12.9. The Morgan fingerprint density at radius 3 is 2.52 bits per heavy atom. The lowest BCUT2D eigenvalue weighted by Gasteiger charge is -2.20. The van der Waals surface area contributed by atoms with Crippen molar-refractivity contribution in [3.63, 3.8) is 0 Å². The van der Waals surface area contributed by atoms with E-state index in [2.05, 4.69) is 20.3 Å². The number of nitrogens with one attached hydrogen (secondary N) is 1. The van der Waals surface area contributed by atoms with Crippen molar-refractivity contribution < 1.29 is 18.0 Å². The van der Waals surface area contributed by atoms with Gasteiger partial charge >= 0.3 is 6.09 Å². The van der Waals surface area contributed by atoms with E-state index in [1.54, 1.807) is 32.9 Å². The van der Waals surface area contributed by atoms with Crippen molar-refractivity contribution in [3.05, 3.63) is 24.4 Å². The molecule has 0 fully saturated rings. The minimum Gasteiger partial charge on any atom is -0.323 e. The van der Waals surface area contributed by atoms with E-state index in [0.717, 1.165) is 0 Å². The number of hydrogen-bond donors (Lipinski definition) is 1. The van der Waals surface area contributed by atoms with E-state index >= 15 is 0 Å². The van der Waals surface area contributed by atoms with Gasteiger partial charge in [0.25, 0.3) is 0 Å². The second-order valence-electron chi connectivity index (χ2n) is 5.34. The SMILES string of the molecule is CNC(=O)O/N=C(/CS(=O)(=O)c1ccccn1)C(C)(C)C. The molecule has 1 heterocycles. The highest BCUT2D eigenvalue weighted by Crippen LogP contribution is 2.20. The van der Waals surface area contributed by atoms with E-state index in [0.29, 0.717) is 0 Å². The summed E-state index contributed by atoms with van der Waals surface area (Å²) in [5.74, 6) is -0.371. The number of hydrogen-bond acceptors (Lipinski definition) is 6. The van der Waals surface area contributed by atoms with Crippen LogP contribution < -0.4 is 5.32 Å². The summed E-state index contributed by atoms with van der Waals surface area (Å²) in [6, 6.07) is 4.64. The van der Waals surface area contributed by atoms with Crippen LogP contribution in [-0.4, -0.2) is 38.0 Å². The molecule has 0 spiro atoms. The zero-order valence-corrected chi connectivity index (χ0v) is 13.3. The molecule has 1 N–H and O–H groups in total. The number of pyridine rings is 1. The first-order valence-corrected chi connectivity index (χ1v) is 7.92. The Morgan fingerprint density at radius 2 is 2.05 bits per heavy atom. The number of nitrogens with zero attached hydrogens (tertiary/aromatic N) is 2. The van der Waals surface area contributed by atoms with Gasteiger partial charge in [-0.15, -0.1) is 0 Å².